The van der Waals surface area contributed by atoms with Crippen molar-refractivity contribution in [2.75, 3.05) is 11.9 Å². The first kappa shape index (κ1) is 16.2. The standard InChI is InChI=1S/C17H19NO3S/c1-2-3-4-11-21-17(20)13-7-9-14(10-8-13)18-16(19)15-6-5-12-22-15/h5-10,12H,2-4,11H2,1H3,(H,18,19). The van der Waals surface area contributed by atoms with E-state index in [-0.39, 0.29) is 11.9 Å². The summed E-state index contributed by atoms with van der Waals surface area (Å²) in [4.78, 5) is 24.4. The summed E-state index contributed by atoms with van der Waals surface area (Å²) < 4.78 is 5.19. The third-order valence-corrected chi connectivity index (χ3v) is 3.97. The van der Waals surface area contributed by atoms with E-state index < -0.39 is 0 Å². The summed E-state index contributed by atoms with van der Waals surface area (Å²) in [6.07, 6.45) is 3.04. The zero-order valence-corrected chi connectivity index (χ0v) is 13.3. The molecular formula is C17H19NO3S. The lowest BCUT2D eigenvalue weighted by Crippen LogP contribution is -2.10. The number of hydrogen-bond acceptors (Lipinski definition) is 4. The highest BCUT2D eigenvalue weighted by molar-refractivity contribution is 7.12. The highest BCUT2D eigenvalue weighted by atomic mass is 32.1. The lowest BCUT2D eigenvalue weighted by atomic mass is 10.2. The van der Waals surface area contributed by atoms with Crippen molar-refractivity contribution in [3.05, 3.63) is 52.2 Å². The Hall–Kier alpha value is -2.14. The quantitative estimate of drug-likeness (QED) is 0.610. The zero-order valence-electron chi connectivity index (χ0n) is 12.5. The monoisotopic (exact) mass is 317 g/mol. The number of esters is 1. The lowest BCUT2D eigenvalue weighted by molar-refractivity contribution is 0.0498. The normalized spacial score (nSPS) is 10.2. The summed E-state index contributed by atoms with van der Waals surface area (Å²) in [5.41, 5.74) is 1.14. The van der Waals surface area contributed by atoms with Crippen LogP contribution in [-0.2, 0) is 4.74 Å². The molecule has 0 unspecified atom stereocenters. The molecule has 1 N–H and O–H groups in total. The summed E-state index contributed by atoms with van der Waals surface area (Å²) in [5, 5.41) is 4.64. The van der Waals surface area contributed by atoms with Gasteiger partial charge in [0.15, 0.2) is 0 Å². The largest absolute Gasteiger partial charge is 0.462 e. The maximum absolute atomic E-state index is 11.9. The molecule has 0 saturated heterocycles. The van der Waals surface area contributed by atoms with E-state index in [0.29, 0.717) is 22.7 Å². The number of ether oxygens (including phenoxy) is 1. The van der Waals surface area contributed by atoms with Gasteiger partial charge in [-0.05, 0) is 42.1 Å². The first-order chi connectivity index (χ1) is 10.7. The molecule has 0 aliphatic carbocycles. The van der Waals surface area contributed by atoms with Crippen LogP contribution in [0.2, 0.25) is 0 Å². The van der Waals surface area contributed by atoms with Crippen molar-refractivity contribution in [1.29, 1.82) is 0 Å². The first-order valence-electron chi connectivity index (χ1n) is 7.32. The second-order valence-corrected chi connectivity index (χ2v) is 5.80. The molecule has 0 spiro atoms. The molecular weight excluding hydrogens is 298 g/mol. The predicted molar refractivity (Wildman–Crippen MR) is 88.5 cm³/mol. The van der Waals surface area contributed by atoms with Gasteiger partial charge in [-0.15, -0.1) is 11.3 Å². The van der Waals surface area contributed by atoms with E-state index >= 15 is 0 Å². The van der Waals surface area contributed by atoms with Crippen molar-refractivity contribution in [3.63, 3.8) is 0 Å². The summed E-state index contributed by atoms with van der Waals surface area (Å²) in [7, 11) is 0. The van der Waals surface area contributed by atoms with Gasteiger partial charge in [0.1, 0.15) is 0 Å². The van der Waals surface area contributed by atoms with Gasteiger partial charge in [0.25, 0.3) is 5.91 Å². The molecule has 5 heteroatoms. The van der Waals surface area contributed by atoms with Crippen LogP contribution in [0, 0.1) is 0 Å². The Bertz CT molecular complexity index is 605. The number of thiophene rings is 1. The smallest absolute Gasteiger partial charge is 0.338 e. The molecule has 0 bridgehead atoms. The second kappa shape index (κ2) is 8.34. The van der Waals surface area contributed by atoms with E-state index in [2.05, 4.69) is 12.2 Å². The van der Waals surface area contributed by atoms with Gasteiger partial charge in [0, 0.05) is 5.69 Å². The topological polar surface area (TPSA) is 55.4 Å². The average Bonchev–Trinajstić information content (AvgIpc) is 3.06. The number of carbonyl (C=O) groups excluding carboxylic acids is 2. The van der Waals surface area contributed by atoms with Gasteiger partial charge < -0.3 is 10.1 Å². The molecule has 0 aliphatic heterocycles. The number of rotatable bonds is 7. The number of anilines is 1. The fourth-order valence-corrected chi connectivity index (χ4v) is 2.51. The zero-order chi connectivity index (χ0) is 15.8. The maximum atomic E-state index is 11.9. The molecule has 2 aromatic rings. The van der Waals surface area contributed by atoms with E-state index in [1.165, 1.54) is 11.3 Å². The minimum Gasteiger partial charge on any atom is -0.462 e. The molecule has 0 radical (unpaired) electrons. The lowest BCUT2D eigenvalue weighted by Gasteiger charge is -2.06. The number of hydrogen-bond donors (Lipinski definition) is 1. The van der Waals surface area contributed by atoms with Crippen LogP contribution in [0.4, 0.5) is 5.69 Å². The van der Waals surface area contributed by atoms with Crippen molar-refractivity contribution in [3.8, 4) is 0 Å². The molecule has 22 heavy (non-hydrogen) atoms. The van der Waals surface area contributed by atoms with Gasteiger partial charge in [-0.2, -0.15) is 0 Å². The van der Waals surface area contributed by atoms with Gasteiger partial charge in [0.2, 0.25) is 0 Å². The number of amides is 1. The SMILES string of the molecule is CCCCCOC(=O)c1ccc(NC(=O)c2cccs2)cc1. The number of nitrogens with one attached hydrogen (secondary N) is 1. The summed E-state index contributed by atoms with van der Waals surface area (Å²) >= 11 is 1.39. The minimum absolute atomic E-state index is 0.148. The van der Waals surface area contributed by atoms with Crippen molar-refractivity contribution >= 4 is 28.9 Å². The molecule has 1 aromatic heterocycles. The van der Waals surface area contributed by atoms with Crippen molar-refractivity contribution in [1.82, 2.24) is 0 Å². The minimum atomic E-state index is -0.327. The van der Waals surface area contributed by atoms with Gasteiger partial charge in [-0.1, -0.05) is 25.8 Å². The van der Waals surface area contributed by atoms with Crippen molar-refractivity contribution in [2.24, 2.45) is 0 Å². The molecule has 0 atom stereocenters. The van der Waals surface area contributed by atoms with E-state index in [1.54, 1.807) is 30.3 Å². The highest BCUT2D eigenvalue weighted by Gasteiger charge is 2.09. The Kier molecular flexibility index (Phi) is 6.15. The number of unbranched alkanes of at least 4 members (excludes halogenated alkanes) is 2. The average molecular weight is 317 g/mol. The molecule has 4 nitrogen and oxygen atoms in total. The fourth-order valence-electron chi connectivity index (χ4n) is 1.89. The van der Waals surface area contributed by atoms with Crippen LogP contribution in [0.5, 0.6) is 0 Å². The first-order valence-corrected chi connectivity index (χ1v) is 8.20. The Balaban J connectivity index is 1.87. The van der Waals surface area contributed by atoms with E-state index in [4.69, 9.17) is 4.74 Å². The Morgan fingerprint density at radius 3 is 2.55 bits per heavy atom. The molecule has 0 aliphatic rings. The Morgan fingerprint density at radius 1 is 1.14 bits per heavy atom. The Morgan fingerprint density at radius 2 is 1.91 bits per heavy atom. The van der Waals surface area contributed by atoms with Crippen LogP contribution >= 0.6 is 11.3 Å². The van der Waals surface area contributed by atoms with E-state index in [1.807, 2.05) is 11.4 Å². The Labute approximate surface area is 134 Å². The van der Waals surface area contributed by atoms with E-state index in [9.17, 15) is 9.59 Å². The summed E-state index contributed by atoms with van der Waals surface area (Å²) in [6.45, 7) is 2.55. The van der Waals surface area contributed by atoms with Crippen LogP contribution < -0.4 is 5.32 Å². The molecule has 2 rings (SSSR count). The number of benzene rings is 1. The van der Waals surface area contributed by atoms with Crippen LogP contribution in [0.25, 0.3) is 0 Å². The summed E-state index contributed by atoms with van der Waals surface area (Å²) in [5.74, 6) is -0.475. The number of carbonyl (C=O) groups is 2. The van der Waals surface area contributed by atoms with Crippen LogP contribution in [0.15, 0.2) is 41.8 Å². The molecule has 0 saturated carbocycles. The molecule has 0 fully saturated rings. The second-order valence-electron chi connectivity index (χ2n) is 4.85. The van der Waals surface area contributed by atoms with Crippen molar-refractivity contribution < 1.29 is 14.3 Å². The van der Waals surface area contributed by atoms with Gasteiger partial charge in [-0.3, -0.25) is 4.79 Å². The predicted octanol–water partition coefficient (Wildman–Crippen LogP) is 4.35. The fraction of sp³-hybridized carbons (Fsp3) is 0.294. The van der Waals surface area contributed by atoms with Gasteiger partial charge in [0.05, 0.1) is 17.0 Å². The van der Waals surface area contributed by atoms with Crippen molar-refractivity contribution in [2.45, 2.75) is 26.2 Å². The molecule has 1 amide bonds. The molecule has 1 heterocycles. The van der Waals surface area contributed by atoms with E-state index in [0.717, 1.165) is 19.3 Å². The van der Waals surface area contributed by atoms with Crippen LogP contribution in [0.1, 0.15) is 46.2 Å². The van der Waals surface area contributed by atoms with Crippen LogP contribution in [0.3, 0.4) is 0 Å². The molecule has 1 aromatic carbocycles. The summed E-state index contributed by atoms with van der Waals surface area (Å²) in [6, 6.07) is 10.3. The maximum Gasteiger partial charge on any atom is 0.338 e. The highest BCUT2D eigenvalue weighted by Crippen LogP contribution is 2.14. The van der Waals surface area contributed by atoms with Crippen LogP contribution in [-0.4, -0.2) is 18.5 Å². The van der Waals surface area contributed by atoms with Gasteiger partial charge in [-0.25, -0.2) is 4.79 Å². The third kappa shape index (κ3) is 4.70. The van der Waals surface area contributed by atoms with Gasteiger partial charge >= 0.3 is 5.97 Å². The molecule has 116 valence electrons. The third-order valence-electron chi connectivity index (χ3n) is 3.10.